The number of benzene rings is 2. The number of halogens is 1. The Kier molecular flexibility index (Phi) is 5.05. The van der Waals surface area contributed by atoms with E-state index in [-0.39, 0.29) is 5.92 Å². The monoisotopic (exact) mass is 349 g/mol. The van der Waals surface area contributed by atoms with E-state index in [1.165, 1.54) is 5.56 Å². The van der Waals surface area contributed by atoms with E-state index in [4.69, 9.17) is 11.6 Å². The Morgan fingerprint density at radius 2 is 1.65 bits per heavy atom. The molecule has 5 heteroatoms. The van der Waals surface area contributed by atoms with E-state index >= 15 is 0 Å². The minimum Gasteiger partial charge on any atom is -0.207 e. The summed E-state index contributed by atoms with van der Waals surface area (Å²) in [7, 11) is -3.47. The minimum absolute atomic E-state index is 0.251. The zero-order valence-electron chi connectivity index (χ0n) is 12.9. The zero-order chi connectivity index (χ0) is 16.3. The fourth-order valence-electron chi connectivity index (χ4n) is 3.08. The van der Waals surface area contributed by atoms with Crippen LogP contribution in [0.4, 0.5) is 0 Å². The van der Waals surface area contributed by atoms with Gasteiger partial charge in [0.15, 0.2) is 0 Å². The topological polar surface area (TPSA) is 37.4 Å². The van der Waals surface area contributed by atoms with Gasteiger partial charge in [0.2, 0.25) is 10.0 Å². The average Bonchev–Trinajstić information content (AvgIpc) is 2.83. The number of hydrogen-bond donors (Lipinski definition) is 0. The summed E-state index contributed by atoms with van der Waals surface area (Å²) >= 11 is 5.87. The van der Waals surface area contributed by atoms with Gasteiger partial charge in [0.25, 0.3) is 0 Å². The van der Waals surface area contributed by atoms with Crippen molar-refractivity contribution in [2.45, 2.75) is 30.1 Å². The Bertz CT molecular complexity index is 744. The van der Waals surface area contributed by atoms with Gasteiger partial charge in [0.1, 0.15) is 0 Å². The van der Waals surface area contributed by atoms with E-state index in [9.17, 15) is 8.42 Å². The Morgan fingerprint density at radius 1 is 0.957 bits per heavy atom. The summed E-state index contributed by atoms with van der Waals surface area (Å²) in [6, 6.07) is 16.6. The molecule has 0 saturated carbocycles. The van der Waals surface area contributed by atoms with E-state index in [1.807, 2.05) is 18.2 Å². The number of sulfonamides is 1. The molecule has 1 aliphatic heterocycles. The van der Waals surface area contributed by atoms with Crippen molar-refractivity contribution in [2.24, 2.45) is 0 Å². The predicted octanol–water partition coefficient (Wildman–Crippen LogP) is 4.30. The first-order valence-corrected chi connectivity index (χ1v) is 9.70. The maximum atomic E-state index is 12.9. The molecule has 2 aromatic carbocycles. The van der Waals surface area contributed by atoms with Crippen LogP contribution in [0.25, 0.3) is 0 Å². The lowest BCUT2D eigenvalue weighted by molar-refractivity contribution is 0.406. The second-order valence-corrected chi connectivity index (χ2v) is 8.29. The summed E-state index contributed by atoms with van der Waals surface area (Å²) in [5, 5.41) is 0.543. The average molecular weight is 350 g/mol. The summed E-state index contributed by atoms with van der Waals surface area (Å²) in [5.41, 5.74) is 1.21. The van der Waals surface area contributed by atoms with Gasteiger partial charge in [-0.3, -0.25) is 0 Å². The molecule has 1 saturated heterocycles. The van der Waals surface area contributed by atoms with Gasteiger partial charge in [-0.1, -0.05) is 48.4 Å². The zero-order valence-corrected chi connectivity index (χ0v) is 14.4. The molecule has 122 valence electrons. The Labute approximate surface area is 142 Å². The third kappa shape index (κ3) is 3.77. The van der Waals surface area contributed by atoms with Crippen LogP contribution in [-0.2, 0) is 10.0 Å². The lowest BCUT2D eigenvalue weighted by Crippen LogP contribution is -2.34. The number of nitrogens with zero attached hydrogens (tertiary/aromatic N) is 1. The van der Waals surface area contributed by atoms with Gasteiger partial charge >= 0.3 is 0 Å². The normalized spacial score (nSPS) is 20.1. The van der Waals surface area contributed by atoms with Crippen molar-refractivity contribution in [3.05, 3.63) is 65.2 Å². The van der Waals surface area contributed by atoms with Crippen molar-refractivity contribution in [3.63, 3.8) is 0 Å². The molecule has 0 aliphatic carbocycles. The summed E-state index contributed by atoms with van der Waals surface area (Å²) in [4.78, 5) is 0.315. The third-order valence-corrected chi connectivity index (χ3v) is 6.49. The van der Waals surface area contributed by atoms with Crippen molar-refractivity contribution >= 4 is 21.6 Å². The van der Waals surface area contributed by atoms with Crippen LogP contribution in [-0.4, -0.2) is 25.8 Å². The molecule has 1 atom stereocenters. The molecule has 1 aliphatic rings. The molecule has 3 rings (SSSR count). The molecule has 1 unspecified atom stereocenters. The smallest absolute Gasteiger partial charge is 0.207 e. The van der Waals surface area contributed by atoms with E-state index < -0.39 is 10.0 Å². The van der Waals surface area contributed by atoms with Crippen molar-refractivity contribution in [2.75, 3.05) is 13.1 Å². The third-order valence-electron chi connectivity index (χ3n) is 4.36. The fourth-order valence-corrected chi connectivity index (χ4v) is 4.73. The summed E-state index contributed by atoms with van der Waals surface area (Å²) in [6.45, 7) is 1.11. The molecular formula is C18H20ClNO2S. The molecule has 23 heavy (non-hydrogen) atoms. The number of rotatable bonds is 3. The maximum absolute atomic E-state index is 12.9. The second-order valence-electron chi connectivity index (χ2n) is 5.92. The lowest BCUT2D eigenvalue weighted by Gasteiger charge is -2.24. The highest BCUT2D eigenvalue weighted by Gasteiger charge is 2.29. The van der Waals surface area contributed by atoms with Gasteiger partial charge in [0.05, 0.1) is 4.90 Å². The van der Waals surface area contributed by atoms with Crippen LogP contribution in [0, 0.1) is 0 Å². The largest absolute Gasteiger partial charge is 0.243 e. The summed E-state index contributed by atoms with van der Waals surface area (Å²) < 4.78 is 27.4. The number of hydrogen-bond acceptors (Lipinski definition) is 2. The van der Waals surface area contributed by atoms with Gasteiger partial charge in [-0.25, -0.2) is 8.42 Å². The van der Waals surface area contributed by atoms with Gasteiger partial charge in [0, 0.05) is 18.1 Å². The van der Waals surface area contributed by atoms with Gasteiger partial charge in [-0.05, 0) is 48.6 Å². The quantitative estimate of drug-likeness (QED) is 0.828. The molecule has 2 aromatic rings. The summed E-state index contributed by atoms with van der Waals surface area (Å²) in [5.74, 6) is 0.251. The molecule has 0 bridgehead atoms. The van der Waals surface area contributed by atoms with Crippen LogP contribution in [0.1, 0.15) is 30.7 Å². The molecule has 0 amide bonds. The SMILES string of the molecule is O=S(=O)(c1ccc(Cl)cc1)N1CCCCC(c2ccccc2)C1. The van der Waals surface area contributed by atoms with Crippen molar-refractivity contribution < 1.29 is 8.42 Å². The highest BCUT2D eigenvalue weighted by molar-refractivity contribution is 7.89. The van der Waals surface area contributed by atoms with Crippen molar-refractivity contribution in [1.82, 2.24) is 4.31 Å². The van der Waals surface area contributed by atoms with E-state index in [0.29, 0.717) is 23.0 Å². The van der Waals surface area contributed by atoms with Crippen molar-refractivity contribution in [1.29, 1.82) is 0 Å². The Balaban J connectivity index is 1.87. The van der Waals surface area contributed by atoms with Crippen molar-refractivity contribution in [3.8, 4) is 0 Å². The van der Waals surface area contributed by atoms with Crippen LogP contribution in [0.2, 0.25) is 5.02 Å². The Hall–Kier alpha value is -1.36. The van der Waals surface area contributed by atoms with E-state index in [0.717, 1.165) is 19.3 Å². The van der Waals surface area contributed by atoms with Gasteiger partial charge in [-0.2, -0.15) is 4.31 Å². The summed E-state index contributed by atoms with van der Waals surface area (Å²) in [6.07, 6.45) is 2.97. The molecular weight excluding hydrogens is 330 g/mol. The van der Waals surface area contributed by atoms with Crippen LogP contribution in [0.3, 0.4) is 0 Å². The first-order valence-electron chi connectivity index (χ1n) is 7.88. The van der Waals surface area contributed by atoms with Crippen LogP contribution >= 0.6 is 11.6 Å². The molecule has 0 spiro atoms. The molecule has 1 heterocycles. The fraction of sp³-hybridized carbons (Fsp3) is 0.333. The molecule has 0 aromatic heterocycles. The first kappa shape index (κ1) is 16.5. The highest BCUT2D eigenvalue weighted by atomic mass is 35.5. The molecule has 1 fully saturated rings. The van der Waals surface area contributed by atoms with E-state index in [1.54, 1.807) is 28.6 Å². The van der Waals surface area contributed by atoms with E-state index in [2.05, 4.69) is 12.1 Å². The first-order chi connectivity index (χ1) is 11.1. The van der Waals surface area contributed by atoms with Gasteiger partial charge < -0.3 is 0 Å². The predicted molar refractivity (Wildman–Crippen MR) is 93.2 cm³/mol. The highest BCUT2D eigenvalue weighted by Crippen LogP contribution is 2.29. The second kappa shape index (κ2) is 7.04. The van der Waals surface area contributed by atoms with Crippen LogP contribution < -0.4 is 0 Å². The van der Waals surface area contributed by atoms with Crippen LogP contribution in [0.5, 0.6) is 0 Å². The standard InChI is InChI=1S/C18H20ClNO2S/c19-17-9-11-18(12-10-17)23(21,22)20-13-5-4-8-16(14-20)15-6-2-1-3-7-15/h1-3,6-7,9-12,16H,4-5,8,13-14H2. The molecule has 0 N–H and O–H groups in total. The van der Waals surface area contributed by atoms with Crippen LogP contribution in [0.15, 0.2) is 59.5 Å². The molecule has 3 nitrogen and oxygen atoms in total. The maximum Gasteiger partial charge on any atom is 0.243 e. The molecule has 0 radical (unpaired) electrons. The minimum atomic E-state index is -3.47. The Morgan fingerprint density at radius 3 is 2.35 bits per heavy atom. The lowest BCUT2D eigenvalue weighted by atomic mass is 9.95. The van der Waals surface area contributed by atoms with Gasteiger partial charge in [-0.15, -0.1) is 0 Å².